The molecule has 27 heavy (non-hydrogen) atoms. The van der Waals surface area contributed by atoms with Gasteiger partial charge in [-0.25, -0.2) is 19.3 Å². The van der Waals surface area contributed by atoms with Crippen LogP contribution in [0.4, 0.5) is 16.0 Å². The van der Waals surface area contributed by atoms with E-state index >= 15 is 0 Å². The minimum atomic E-state index is -0.742. The molecule has 0 unspecified atom stereocenters. The molecule has 0 saturated carbocycles. The lowest BCUT2D eigenvalue weighted by atomic mass is 10.3. The summed E-state index contributed by atoms with van der Waals surface area (Å²) < 4.78 is 14.5. The molecular weight excluding hydrogens is 363 g/mol. The van der Waals surface area contributed by atoms with Gasteiger partial charge in [-0.1, -0.05) is 0 Å². The summed E-state index contributed by atoms with van der Waals surface area (Å²) in [5, 5.41) is 4.30. The molecule has 0 radical (unpaired) electrons. The number of alkyl halides is 1. The maximum Gasteiger partial charge on any atom is 0.130 e. The number of rotatable bonds is 3. The molecule has 2 fully saturated rings. The first-order valence-corrected chi connectivity index (χ1v) is 10.2. The SMILES string of the molecule is F[C@@H]1CCN(c2ccc(-c3nc4cnc(N5CCNCC5)cc4s3)cn2)C1. The van der Waals surface area contributed by atoms with Crippen LogP contribution in [0.2, 0.25) is 0 Å². The van der Waals surface area contributed by atoms with Crippen molar-refractivity contribution in [2.45, 2.75) is 12.6 Å². The number of pyridine rings is 2. The summed E-state index contributed by atoms with van der Waals surface area (Å²) in [5.41, 5.74) is 1.90. The van der Waals surface area contributed by atoms with Crippen molar-refractivity contribution in [3.8, 4) is 10.6 Å². The van der Waals surface area contributed by atoms with Crippen molar-refractivity contribution in [3.63, 3.8) is 0 Å². The van der Waals surface area contributed by atoms with E-state index in [1.807, 2.05) is 29.4 Å². The zero-order chi connectivity index (χ0) is 18.2. The first kappa shape index (κ1) is 16.8. The number of aromatic nitrogens is 3. The molecule has 140 valence electrons. The highest BCUT2D eigenvalue weighted by Gasteiger charge is 2.22. The van der Waals surface area contributed by atoms with E-state index in [1.165, 1.54) is 0 Å². The van der Waals surface area contributed by atoms with Gasteiger partial charge in [0.25, 0.3) is 0 Å². The van der Waals surface area contributed by atoms with Crippen molar-refractivity contribution in [1.29, 1.82) is 0 Å². The lowest BCUT2D eigenvalue weighted by Crippen LogP contribution is -2.43. The van der Waals surface area contributed by atoms with Gasteiger partial charge in [0.05, 0.1) is 17.4 Å². The molecule has 5 rings (SSSR count). The number of hydrogen-bond donors (Lipinski definition) is 1. The second-order valence-corrected chi connectivity index (χ2v) is 8.03. The summed E-state index contributed by atoms with van der Waals surface area (Å²) in [6, 6.07) is 6.12. The fraction of sp³-hybridized carbons (Fsp3) is 0.421. The third kappa shape index (κ3) is 3.35. The Morgan fingerprint density at radius 1 is 1.04 bits per heavy atom. The molecule has 0 amide bonds. The highest BCUT2D eigenvalue weighted by Crippen LogP contribution is 2.32. The van der Waals surface area contributed by atoms with E-state index in [2.05, 4.69) is 26.3 Å². The van der Waals surface area contributed by atoms with Gasteiger partial charge in [0.1, 0.15) is 28.3 Å². The molecule has 0 aromatic carbocycles. The monoisotopic (exact) mass is 384 g/mol. The van der Waals surface area contributed by atoms with Gasteiger partial charge in [-0.3, -0.25) is 0 Å². The highest BCUT2D eigenvalue weighted by atomic mass is 32.1. The van der Waals surface area contributed by atoms with Crippen LogP contribution in [0.25, 0.3) is 20.8 Å². The smallest absolute Gasteiger partial charge is 0.130 e. The van der Waals surface area contributed by atoms with E-state index in [-0.39, 0.29) is 0 Å². The second kappa shape index (κ2) is 7.01. The van der Waals surface area contributed by atoms with Crippen LogP contribution in [0.5, 0.6) is 0 Å². The normalized spacial score (nSPS) is 20.6. The van der Waals surface area contributed by atoms with Gasteiger partial charge in [0.15, 0.2) is 0 Å². The summed E-state index contributed by atoms with van der Waals surface area (Å²) in [7, 11) is 0. The lowest BCUT2D eigenvalue weighted by molar-refractivity contribution is 0.364. The van der Waals surface area contributed by atoms with Crippen molar-refractivity contribution < 1.29 is 4.39 Å². The zero-order valence-electron chi connectivity index (χ0n) is 14.9. The van der Waals surface area contributed by atoms with Gasteiger partial charge in [0, 0.05) is 50.6 Å². The van der Waals surface area contributed by atoms with Crippen molar-refractivity contribution in [2.75, 3.05) is 49.1 Å². The molecule has 2 aliphatic heterocycles. The van der Waals surface area contributed by atoms with Crippen LogP contribution >= 0.6 is 11.3 Å². The Morgan fingerprint density at radius 2 is 1.89 bits per heavy atom. The van der Waals surface area contributed by atoms with Crippen molar-refractivity contribution in [3.05, 3.63) is 30.6 Å². The van der Waals surface area contributed by atoms with Crippen molar-refractivity contribution in [2.24, 2.45) is 0 Å². The largest absolute Gasteiger partial charge is 0.354 e. The Labute approximate surface area is 161 Å². The fourth-order valence-electron chi connectivity index (χ4n) is 3.64. The Bertz CT molecular complexity index is 937. The van der Waals surface area contributed by atoms with Gasteiger partial charge in [-0.15, -0.1) is 11.3 Å². The zero-order valence-corrected chi connectivity index (χ0v) is 15.8. The van der Waals surface area contributed by atoms with E-state index in [4.69, 9.17) is 4.98 Å². The van der Waals surface area contributed by atoms with Crippen LogP contribution < -0.4 is 15.1 Å². The number of anilines is 2. The molecule has 3 aromatic heterocycles. The molecular formula is C19H21FN6S. The van der Waals surface area contributed by atoms with Crippen molar-refractivity contribution >= 4 is 33.2 Å². The molecule has 2 aliphatic rings. The molecule has 5 heterocycles. The molecule has 8 heteroatoms. The van der Waals surface area contributed by atoms with Gasteiger partial charge < -0.3 is 15.1 Å². The number of nitrogens with zero attached hydrogens (tertiary/aromatic N) is 5. The number of thiazole rings is 1. The molecule has 1 atom stereocenters. The van der Waals surface area contributed by atoms with E-state index in [0.717, 1.165) is 65.1 Å². The predicted octanol–water partition coefficient (Wildman–Crippen LogP) is 2.71. The molecule has 2 saturated heterocycles. The highest BCUT2D eigenvalue weighted by molar-refractivity contribution is 7.21. The van der Waals surface area contributed by atoms with E-state index in [0.29, 0.717) is 13.0 Å². The molecule has 1 N–H and O–H groups in total. The fourth-order valence-corrected chi connectivity index (χ4v) is 4.60. The third-order valence-electron chi connectivity index (χ3n) is 5.15. The van der Waals surface area contributed by atoms with Crippen LogP contribution in [0.3, 0.4) is 0 Å². The van der Waals surface area contributed by atoms with Crippen molar-refractivity contribution in [1.82, 2.24) is 20.3 Å². The van der Waals surface area contributed by atoms with Crippen LogP contribution in [-0.4, -0.2) is 60.4 Å². The topological polar surface area (TPSA) is 57.2 Å². The van der Waals surface area contributed by atoms with E-state index in [1.54, 1.807) is 11.3 Å². The first-order chi connectivity index (χ1) is 13.3. The molecule has 0 aliphatic carbocycles. The van der Waals surface area contributed by atoms with Crippen LogP contribution in [0, 0.1) is 0 Å². The average molecular weight is 384 g/mol. The van der Waals surface area contributed by atoms with Gasteiger partial charge in [-0.05, 0) is 18.6 Å². The number of hydrogen-bond acceptors (Lipinski definition) is 7. The van der Waals surface area contributed by atoms with Crippen LogP contribution in [0.1, 0.15) is 6.42 Å². The number of fused-ring (bicyclic) bond motifs is 1. The number of halogens is 1. The molecule has 0 spiro atoms. The summed E-state index contributed by atoms with van der Waals surface area (Å²) in [6.07, 6.45) is 3.54. The number of nitrogens with one attached hydrogen (secondary N) is 1. The standard InChI is InChI=1S/C19H21FN6S/c20-14-3-6-26(12-14)17-2-1-13(10-22-17)19-24-15-11-23-18(9-16(15)27-19)25-7-4-21-5-8-25/h1-2,9-11,14,21H,3-8,12H2/t14-/m1/s1. The number of piperazine rings is 1. The summed E-state index contributed by atoms with van der Waals surface area (Å²) in [6.45, 7) is 5.11. The summed E-state index contributed by atoms with van der Waals surface area (Å²) >= 11 is 1.66. The average Bonchev–Trinajstić information content (AvgIpc) is 3.34. The maximum absolute atomic E-state index is 13.4. The van der Waals surface area contributed by atoms with Gasteiger partial charge >= 0.3 is 0 Å². The Kier molecular flexibility index (Phi) is 4.37. The molecule has 3 aromatic rings. The first-order valence-electron chi connectivity index (χ1n) is 9.34. The second-order valence-electron chi connectivity index (χ2n) is 7.00. The summed E-state index contributed by atoms with van der Waals surface area (Å²) in [4.78, 5) is 18.1. The quantitative estimate of drug-likeness (QED) is 0.749. The maximum atomic E-state index is 13.4. The van der Waals surface area contributed by atoms with Gasteiger partial charge in [0.2, 0.25) is 0 Å². The van der Waals surface area contributed by atoms with E-state index in [9.17, 15) is 4.39 Å². The Hall–Kier alpha value is -2.32. The van der Waals surface area contributed by atoms with Crippen LogP contribution in [-0.2, 0) is 0 Å². The third-order valence-corrected chi connectivity index (χ3v) is 6.22. The van der Waals surface area contributed by atoms with Crippen LogP contribution in [0.15, 0.2) is 30.6 Å². The predicted molar refractivity (Wildman–Crippen MR) is 107 cm³/mol. The Morgan fingerprint density at radius 3 is 2.63 bits per heavy atom. The minimum absolute atomic E-state index is 0.438. The summed E-state index contributed by atoms with van der Waals surface area (Å²) in [5.74, 6) is 1.85. The minimum Gasteiger partial charge on any atom is -0.354 e. The van der Waals surface area contributed by atoms with Gasteiger partial charge in [-0.2, -0.15) is 0 Å². The van der Waals surface area contributed by atoms with E-state index < -0.39 is 6.17 Å². The Balaban J connectivity index is 1.39. The lowest BCUT2D eigenvalue weighted by Gasteiger charge is -2.28. The molecule has 0 bridgehead atoms. The molecule has 6 nitrogen and oxygen atoms in total.